The summed E-state index contributed by atoms with van der Waals surface area (Å²) in [5.41, 5.74) is 2.10. The van der Waals surface area contributed by atoms with E-state index < -0.39 is 0 Å². The summed E-state index contributed by atoms with van der Waals surface area (Å²) in [7, 11) is 0. The van der Waals surface area contributed by atoms with Crippen LogP contribution in [0.4, 0.5) is 15.5 Å². The van der Waals surface area contributed by atoms with Crippen molar-refractivity contribution in [3.63, 3.8) is 0 Å². The van der Waals surface area contributed by atoms with Gasteiger partial charge in [-0.25, -0.2) is 4.79 Å². The lowest BCUT2D eigenvalue weighted by Gasteiger charge is -2.26. The van der Waals surface area contributed by atoms with E-state index in [-0.39, 0.29) is 11.4 Å². The van der Waals surface area contributed by atoms with Crippen LogP contribution in [-0.2, 0) is 12.0 Å². The first kappa shape index (κ1) is 21.2. The molecule has 1 saturated heterocycles. The molecule has 1 aromatic heterocycles. The van der Waals surface area contributed by atoms with E-state index in [1.807, 2.05) is 42.1 Å². The molecule has 2 aromatic carbocycles. The maximum atomic E-state index is 12.9. The fourth-order valence-electron chi connectivity index (χ4n) is 3.61. The lowest BCUT2D eigenvalue weighted by Crippen LogP contribution is -2.32. The second-order valence-corrected chi connectivity index (χ2v) is 11.0. The molecular formula is C24H29N3OS2. The van der Waals surface area contributed by atoms with Gasteiger partial charge < -0.3 is 5.32 Å². The van der Waals surface area contributed by atoms with Crippen molar-refractivity contribution < 1.29 is 4.79 Å². The van der Waals surface area contributed by atoms with Crippen LogP contribution in [0.2, 0.25) is 0 Å². The summed E-state index contributed by atoms with van der Waals surface area (Å²) in [6.07, 6.45) is 0. The molecule has 1 aliphatic rings. The van der Waals surface area contributed by atoms with Crippen molar-refractivity contribution in [3.8, 4) is 0 Å². The molecule has 0 saturated carbocycles. The summed E-state index contributed by atoms with van der Waals surface area (Å²) < 4.78 is 0. The number of thiophene rings is 1. The Bertz CT molecular complexity index is 1030. The molecule has 1 fully saturated rings. The van der Waals surface area contributed by atoms with E-state index in [1.165, 1.54) is 21.9 Å². The first-order valence-corrected chi connectivity index (χ1v) is 12.4. The zero-order valence-electron chi connectivity index (χ0n) is 17.8. The minimum Gasteiger partial charge on any atom is -0.307 e. The average Bonchev–Trinajstić information content (AvgIpc) is 3.12. The molecule has 0 unspecified atom stereocenters. The van der Waals surface area contributed by atoms with Crippen molar-refractivity contribution in [3.05, 3.63) is 59.0 Å². The molecule has 30 heavy (non-hydrogen) atoms. The third kappa shape index (κ3) is 4.99. The highest BCUT2D eigenvalue weighted by molar-refractivity contribution is 7.99. The largest absolute Gasteiger partial charge is 0.324 e. The predicted molar refractivity (Wildman–Crippen MR) is 132 cm³/mol. The van der Waals surface area contributed by atoms with E-state index in [4.69, 9.17) is 0 Å². The Morgan fingerprint density at radius 3 is 2.53 bits per heavy atom. The van der Waals surface area contributed by atoms with Gasteiger partial charge in [-0.05, 0) is 22.9 Å². The molecule has 158 valence electrons. The number of anilines is 2. The smallest absolute Gasteiger partial charge is 0.307 e. The van der Waals surface area contributed by atoms with Crippen molar-refractivity contribution in [2.24, 2.45) is 0 Å². The minimum atomic E-state index is -0.191. The van der Waals surface area contributed by atoms with Crippen LogP contribution in [0.3, 0.4) is 0 Å². The van der Waals surface area contributed by atoms with Gasteiger partial charge >= 0.3 is 6.03 Å². The number of fused-ring (bicyclic) bond motifs is 1. The second kappa shape index (κ2) is 9.00. The third-order valence-corrected chi connectivity index (χ3v) is 7.77. The molecule has 0 aliphatic carbocycles. The Hall–Kier alpha value is -2.02. The van der Waals surface area contributed by atoms with Gasteiger partial charge in [0.1, 0.15) is 5.00 Å². The van der Waals surface area contributed by atoms with Crippen molar-refractivity contribution >= 4 is 50.6 Å². The van der Waals surface area contributed by atoms with Crippen LogP contribution < -0.4 is 10.6 Å². The third-order valence-electron chi connectivity index (χ3n) is 5.31. The van der Waals surface area contributed by atoms with E-state index in [1.54, 1.807) is 11.3 Å². The average molecular weight is 440 g/mol. The quantitative estimate of drug-likeness (QED) is 0.495. The Balaban J connectivity index is 1.54. The van der Waals surface area contributed by atoms with Crippen molar-refractivity contribution in [2.45, 2.75) is 32.7 Å². The molecule has 2 heterocycles. The first-order chi connectivity index (χ1) is 14.4. The molecule has 3 aromatic rings. The van der Waals surface area contributed by atoms with Gasteiger partial charge in [-0.1, -0.05) is 57.2 Å². The Morgan fingerprint density at radius 1 is 1.03 bits per heavy atom. The molecule has 0 bridgehead atoms. The lowest BCUT2D eigenvalue weighted by molar-refractivity contribution is 0.262. The fourth-order valence-corrected chi connectivity index (χ4v) is 5.72. The molecule has 0 radical (unpaired) electrons. The number of amides is 2. The SMILES string of the molecule is CC(C)(C)c1cc(CN2CCSCC2)c(NC(=O)Nc2cccc3ccccc23)s1. The van der Waals surface area contributed by atoms with E-state index in [0.29, 0.717) is 0 Å². The van der Waals surface area contributed by atoms with Crippen LogP contribution in [0.15, 0.2) is 48.5 Å². The van der Waals surface area contributed by atoms with Crippen LogP contribution in [0.1, 0.15) is 31.2 Å². The number of hydrogen-bond donors (Lipinski definition) is 2. The zero-order valence-corrected chi connectivity index (χ0v) is 19.5. The van der Waals surface area contributed by atoms with Crippen molar-refractivity contribution in [2.75, 3.05) is 35.2 Å². The topological polar surface area (TPSA) is 44.4 Å². The molecule has 6 heteroatoms. The van der Waals surface area contributed by atoms with Gasteiger partial charge in [-0.15, -0.1) is 11.3 Å². The maximum Gasteiger partial charge on any atom is 0.324 e. The molecular weight excluding hydrogens is 410 g/mol. The number of carbonyl (C=O) groups is 1. The number of carbonyl (C=O) groups excluding carboxylic acids is 1. The van der Waals surface area contributed by atoms with Crippen LogP contribution >= 0.6 is 23.1 Å². The Labute approximate surface area is 187 Å². The number of nitrogens with zero attached hydrogens (tertiary/aromatic N) is 1. The minimum absolute atomic E-state index is 0.0587. The highest BCUT2D eigenvalue weighted by Crippen LogP contribution is 2.37. The van der Waals surface area contributed by atoms with Crippen LogP contribution in [0, 0.1) is 0 Å². The molecule has 2 amide bonds. The molecule has 0 spiro atoms. The van der Waals surface area contributed by atoms with E-state index >= 15 is 0 Å². The molecule has 1 aliphatic heterocycles. The number of hydrogen-bond acceptors (Lipinski definition) is 4. The number of thioether (sulfide) groups is 1. The molecule has 2 N–H and O–H groups in total. The highest BCUT2D eigenvalue weighted by atomic mass is 32.2. The van der Waals surface area contributed by atoms with Gasteiger partial charge in [0.15, 0.2) is 0 Å². The highest BCUT2D eigenvalue weighted by Gasteiger charge is 2.22. The number of urea groups is 1. The van der Waals surface area contributed by atoms with Gasteiger partial charge in [0.05, 0.1) is 5.69 Å². The summed E-state index contributed by atoms with van der Waals surface area (Å²) in [5, 5.41) is 9.31. The van der Waals surface area contributed by atoms with Crippen LogP contribution in [-0.4, -0.2) is 35.5 Å². The summed E-state index contributed by atoms with van der Waals surface area (Å²) in [6.45, 7) is 9.76. The summed E-state index contributed by atoms with van der Waals surface area (Å²) in [4.78, 5) is 16.7. The van der Waals surface area contributed by atoms with Crippen molar-refractivity contribution in [1.29, 1.82) is 0 Å². The first-order valence-electron chi connectivity index (χ1n) is 10.4. The van der Waals surface area contributed by atoms with E-state index in [0.717, 1.165) is 41.1 Å². The standard InChI is InChI=1S/C24H29N3OS2/c1-24(2,3)21-15-18(16-27-11-13-29-14-12-27)22(30-21)26-23(28)25-20-10-6-8-17-7-4-5-9-19(17)20/h4-10,15H,11-14,16H2,1-3H3,(H2,25,26,28). The van der Waals surface area contributed by atoms with E-state index in [9.17, 15) is 4.79 Å². The lowest BCUT2D eigenvalue weighted by atomic mass is 9.94. The van der Waals surface area contributed by atoms with Crippen molar-refractivity contribution in [1.82, 2.24) is 4.90 Å². The Kier molecular flexibility index (Phi) is 6.37. The number of benzene rings is 2. The van der Waals surface area contributed by atoms with Gasteiger partial charge in [-0.2, -0.15) is 11.8 Å². The van der Waals surface area contributed by atoms with Gasteiger partial charge in [-0.3, -0.25) is 10.2 Å². The van der Waals surface area contributed by atoms with Crippen LogP contribution in [0.25, 0.3) is 10.8 Å². The Morgan fingerprint density at radius 2 is 1.77 bits per heavy atom. The normalized spacial score (nSPS) is 15.3. The summed E-state index contributed by atoms with van der Waals surface area (Å²) >= 11 is 3.71. The monoisotopic (exact) mass is 439 g/mol. The van der Waals surface area contributed by atoms with Gasteiger partial charge in [0, 0.05) is 47.0 Å². The summed E-state index contributed by atoms with van der Waals surface area (Å²) in [6, 6.07) is 16.2. The maximum absolute atomic E-state index is 12.9. The molecule has 4 rings (SSSR count). The van der Waals surface area contributed by atoms with E-state index in [2.05, 4.69) is 54.5 Å². The van der Waals surface area contributed by atoms with Gasteiger partial charge in [0.2, 0.25) is 0 Å². The number of rotatable bonds is 4. The summed E-state index contributed by atoms with van der Waals surface area (Å²) in [5.74, 6) is 2.36. The zero-order chi connectivity index (χ0) is 21.1. The fraction of sp³-hybridized carbons (Fsp3) is 0.375. The molecule has 4 nitrogen and oxygen atoms in total. The predicted octanol–water partition coefficient (Wildman–Crippen LogP) is 6.39. The van der Waals surface area contributed by atoms with Gasteiger partial charge in [0.25, 0.3) is 0 Å². The van der Waals surface area contributed by atoms with Crippen LogP contribution in [0.5, 0.6) is 0 Å². The molecule has 0 atom stereocenters. The number of nitrogens with one attached hydrogen (secondary N) is 2. The second-order valence-electron chi connectivity index (χ2n) is 8.71.